The Morgan fingerprint density at radius 3 is 2.74 bits per heavy atom. The SMILES string of the molecule is Cn1cnc2c(N3CCN(CCO)CC3)nccc21. The van der Waals surface area contributed by atoms with Crippen molar-refractivity contribution in [2.75, 3.05) is 44.2 Å². The standard InChI is InChI=1S/C13H19N5O/c1-16-10-15-12-11(16)2-3-14-13(12)18-6-4-17(5-7-18)8-9-19/h2-3,10,19H,4-9H2,1H3. The van der Waals surface area contributed by atoms with Gasteiger partial charge >= 0.3 is 0 Å². The van der Waals surface area contributed by atoms with Crippen LogP contribution in [0.15, 0.2) is 18.6 Å². The Balaban J connectivity index is 1.82. The van der Waals surface area contributed by atoms with Crippen molar-refractivity contribution in [2.45, 2.75) is 0 Å². The molecule has 0 spiro atoms. The van der Waals surface area contributed by atoms with Crippen molar-refractivity contribution in [3.05, 3.63) is 18.6 Å². The summed E-state index contributed by atoms with van der Waals surface area (Å²) in [5.74, 6) is 0.974. The topological polar surface area (TPSA) is 57.4 Å². The van der Waals surface area contributed by atoms with Crippen LogP contribution in [0.3, 0.4) is 0 Å². The van der Waals surface area contributed by atoms with Crippen LogP contribution in [0.5, 0.6) is 0 Å². The molecule has 0 bridgehead atoms. The van der Waals surface area contributed by atoms with Crippen molar-refractivity contribution in [1.29, 1.82) is 0 Å². The van der Waals surface area contributed by atoms with Crippen LogP contribution in [0.1, 0.15) is 0 Å². The Hall–Kier alpha value is -1.66. The van der Waals surface area contributed by atoms with E-state index in [9.17, 15) is 0 Å². The summed E-state index contributed by atoms with van der Waals surface area (Å²) in [6.45, 7) is 4.78. The normalized spacial score (nSPS) is 17.3. The summed E-state index contributed by atoms with van der Waals surface area (Å²) in [5.41, 5.74) is 2.09. The number of rotatable bonds is 3. The number of imidazole rings is 1. The fraction of sp³-hybridized carbons (Fsp3) is 0.538. The molecule has 0 aliphatic carbocycles. The number of hydrogen-bond donors (Lipinski definition) is 1. The molecule has 0 amide bonds. The molecular weight excluding hydrogens is 242 g/mol. The molecule has 1 aliphatic rings. The van der Waals surface area contributed by atoms with E-state index in [1.807, 2.05) is 30.2 Å². The number of aromatic nitrogens is 3. The molecule has 2 aromatic heterocycles. The zero-order chi connectivity index (χ0) is 13.2. The molecule has 0 aromatic carbocycles. The van der Waals surface area contributed by atoms with Crippen molar-refractivity contribution in [3.63, 3.8) is 0 Å². The number of piperazine rings is 1. The van der Waals surface area contributed by atoms with Gasteiger partial charge in [0, 0.05) is 46.0 Å². The Bertz CT molecular complexity index is 559. The molecule has 102 valence electrons. The lowest BCUT2D eigenvalue weighted by Crippen LogP contribution is -2.47. The molecule has 0 saturated carbocycles. The van der Waals surface area contributed by atoms with Gasteiger partial charge in [-0.05, 0) is 6.07 Å². The summed E-state index contributed by atoms with van der Waals surface area (Å²) in [6, 6.07) is 1.99. The predicted molar refractivity (Wildman–Crippen MR) is 74.2 cm³/mol. The fourth-order valence-electron chi connectivity index (χ4n) is 2.60. The number of anilines is 1. The third kappa shape index (κ3) is 2.29. The average Bonchev–Trinajstić information content (AvgIpc) is 2.82. The zero-order valence-corrected chi connectivity index (χ0v) is 11.2. The first-order valence-electron chi connectivity index (χ1n) is 6.64. The van der Waals surface area contributed by atoms with E-state index in [-0.39, 0.29) is 6.61 Å². The van der Waals surface area contributed by atoms with Crippen LogP contribution in [-0.2, 0) is 7.05 Å². The summed E-state index contributed by atoms with van der Waals surface area (Å²) in [5, 5.41) is 8.97. The Morgan fingerprint density at radius 1 is 1.21 bits per heavy atom. The molecule has 1 aliphatic heterocycles. The van der Waals surface area contributed by atoms with Crippen LogP contribution in [0.2, 0.25) is 0 Å². The second-order valence-electron chi connectivity index (χ2n) is 4.91. The lowest BCUT2D eigenvalue weighted by atomic mass is 10.3. The van der Waals surface area contributed by atoms with Gasteiger partial charge in [-0.3, -0.25) is 4.90 Å². The van der Waals surface area contributed by atoms with Gasteiger partial charge < -0.3 is 14.6 Å². The first kappa shape index (κ1) is 12.4. The maximum atomic E-state index is 8.97. The second kappa shape index (κ2) is 5.14. The number of β-amino-alcohol motifs (C(OH)–C–C–N with tert-alkyl or cyclic N) is 1. The van der Waals surface area contributed by atoms with Crippen molar-refractivity contribution < 1.29 is 5.11 Å². The van der Waals surface area contributed by atoms with E-state index in [2.05, 4.69) is 19.8 Å². The van der Waals surface area contributed by atoms with Gasteiger partial charge in [0.15, 0.2) is 5.82 Å². The lowest BCUT2D eigenvalue weighted by Gasteiger charge is -2.35. The van der Waals surface area contributed by atoms with Gasteiger partial charge in [0.1, 0.15) is 5.52 Å². The monoisotopic (exact) mass is 261 g/mol. The van der Waals surface area contributed by atoms with Crippen LogP contribution in [0.25, 0.3) is 11.0 Å². The van der Waals surface area contributed by atoms with Crippen LogP contribution in [0, 0.1) is 0 Å². The minimum Gasteiger partial charge on any atom is -0.395 e. The first-order chi connectivity index (χ1) is 9.29. The highest BCUT2D eigenvalue weighted by Gasteiger charge is 2.20. The quantitative estimate of drug-likeness (QED) is 0.848. The van der Waals surface area contributed by atoms with Gasteiger partial charge in [-0.2, -0.15) is 0 Å². The molecule has 3 heterocycles. The Labute approximate surface area is 112 Å². The van der Waals surface area contributed by atoms with E-state index >= 15 is 0 Å². The van der Waals surface area contributed by atoms with Crippen molar-refractivity contribution in [3.8, 4) is 0 Å². The lowest BCUT2D eigenvalue weighted by molar-refractivity contribution is 0.188. The molecular formula is C13H19N5O. The minimum absolute atomic E-state index is 0.230. The van der Waals surface area contributed by atoms with Crippen molar-refractivity contribution >= 4 is 16.9 Å². The maximum absolute atomic E-state index is 8.97. The van der Waals surface area contributed by atoms with E-state index in [0.29, 0.717) is 0 Å². The highest BCUT2D eigenvalue weighted by molar-refractivity contribution is 5.86. The summed E-state index contributed by atoms with van der Waals surface area (Å²) in [6.07, 6.45) is 3.68. The molecule has 1 saturated heterocycles. The summed E-state index contributed by atoms with van der Waals surface area (Å²) in [7, 11) is 2.00. The van der Waals surface area contributed by atoms with Crippen molar-refractivity contribution in [2.24, 2.45) is 7.05 Å². The number of hydrogen-bond acceptors (Lipinski definition) is 5. The van der Waals surface area contributed by atoms with E-state index in [1.54, 1.807) is 0 Å². The third-order valence-electron chi connectivity index (χ3n) is 3.71. The number of fused-ring (bicyclic) bond motifs is 1. The maximum Gasteiger partial charge on any atom is 0.156 e. The Morgan fingerprint density at radius 2 is 2.00 bits per heavy atom. The fourth-order valence-corrected chi connectivity index (χ4v) is 2.60. The average molecular weight is 261 g/mol. The molecule has 19 heavy (non-hydrogen) atoms. The zero-order valence-electron chi connectivity index (χ0n) is 11.2. The molecule has 1 fully saturated rings. The molecule has 1 N–H and O–H groups in total. The van der Waals surface area contributed by atoms with Gasteiger partial charge in [-0.1, -0.05) is 0 Å². The van der Waals surface area contributed by atoms with Gasteiger partial charge in [0.2, 0.25) is 0 Å². The molecule has 3 rings (SSSR count). The summed E-state index contributed by atoms with van der Waals surface area (Å²) in [4.78, 5) is 13.5. The van der Waals surface area contributed by atoms with Gasteiger partial charge in [-0.15, -0.1) is 0 Å². The van der Waals surface area contributed by atoms with E-state index in [0.717, 1.165) is 49.6 Å². The molecule has 6 heteroatoms. The smallest absolute Gasteiger partial charge is 0.156 e. The van der Waals surface area contributed by atoms with Gasteiger partial charge in [-0.25, -0.2) is 9.97 Å². The number of aliphatic hydroxyl groups excluding tert-OH is 1. The van der Waals surface area contributed by atoms with Crippen LogP contribution in [-0.4, -0.2) is 63.9 Å². The molecule has 0 unspecified atom stereocenters. The van der Waals surface area contributed by atoms with Gasteiger partial charge in [0.25, 0.3) is 0 Å². The summed E-state index contributed by atoms with van der Waals surface area (Å²) >= 11 is 0. The number of aliphatic hydroxyl groups is 1. The molecule has 2 aromatic rings. The highest BCUT2D eigenvalue weighted by Crippen LogP contribution is 2.23. The number of aryl methyl sites for hydroxylation is 1. The highest BCUT2D eigenvalue weighted by atomic mass is 16.3. The van der Waals surface area contributed by atoms with Crippen molar-refractivity contribution in [1.82, 2.24) is 19.4 Å². The summed E-state index contributed by atoms with van der Waals surface area (Å²) < 4.78 is 2.02. The van der Waals surface area contributed by atoms with Crippen LogP contribution >= 0.6 is 0 Å². The van der Waals surface area contributed by atoms with E-state index in [4.69, 9.17) is 5.11 Å². The largest absolute Gasteiger partial charge is 0.395 e. The third-order valence-corrected chi connectivity index (χ3v) is 3.71. The number of pyridine rings is 1. The first-order valence-corrected chi connectivity index (χ1v) is 6.64. The molecule has 6 nitrogen and oxygen atoms in total. The minimum atomic E-state index is 0.230. The second-order valence-corrected chi connectivity index (χ2v) is 4.91. The van der Waals surface area contributed by atoms with Crippen LogP contribution < -0.4 is 4.90 Å². The predicted octanol–water partition coefficient (Wildman–Crippen LogP) is 0.0826. The molecule has 0 atom stereocenters. The molecule has 0 radical (unpaired) electrons. The van der Waals surface area contributed by atoms with E-state index in [1.165, 1.54) is 0 Å². The van der Waals surface area contributed by atoms with Crippen LogP contribution in [0.4, 0.5) is 5.82 Å². The Kier molecular flexibility index (Phi) is 3.35. The number of nitrogens with zero attached hydrogens (tertiary/aromatic N) is 5. The van der Waals surface area contributed by atoms with Gasteiger partial charge in [0.05, 0.1) is 18.5 Å². The van der Waals surface area contributed by atoms with E-state index < -0.39 is 0 Å².